The molecule has 6 nitrogen and oxygen atoms in total. The molecule has 0 fully saturated rings. The highest BCUT2D eigenvalue weighted by Crippen LogP contribution is 2.20. The Morgan fingerprint density at radius 3 is 3.00 bits per heavy atom. The van der Waals surface area contributed by atoms with Gasteiger partial charge in [-0.2, -0.15) is 10.1 Å². The molecule has 2 aromatic rings. The van der Waals surface area contributed by atoms with Crippen molar-refractivity contribution in [3.8, 4) is 0 Å². The number of hydrogen-bond donors (Lipinski definition) is 1. The molecule has 1 N–H and O–H groups in total. The second kappa shape index (κ2) is 6.10. The van der Waals surface area contributed by atoms with E-state index in [2.05, 4.69) is 47.9 Å². The predicted octanol–water partition coefficient (Wildman–Crippen LogP) is 1.69. The molecule has 2 aromatic heterocycles. The minimum Gasteiger partial charge on any atom is -0.343 e. The second-order valence-electron chi connectivity index (χ2n) is 3.94. The molecule has 0 aromatic carbocycles. The Balaban J connectivity index is 1.86. The standard InChI is InChI=1S/C11H16BrN5O/c1-3-17-9(11(12)8(2)15-17)6-13-5-4-10-14-7-18-16-10/h7,13H,3-6H2,1-2H3. The minimum atomic E-state index is 0.724. The first-order chi connectivity index (χ1) is 8.72. The normalized spacial score (nSPS) is 11.1. The third-order valence-electron chi connectivity index (χ3n) is 2.68. The Morgan fingerprint density at radius 1 is 1.50 bits per heavy atom. The zero-order valence-electron chi connectivity index (χ0n) is 10.5. The molecule has 0 radical (unpaired) electrons. The fraction of sp³-hybridized carbons (Fsp3) is 0.545. The van der Waals surface area contributed by atoms with Crippen molar-refractivity contribution in [3.05, 3.63) is 28.1 Å². The number of halogens is 1. The highest BCUT2D eigenvalue weighted by Gasteiger charge is 2.11. The molecule has 0 saturated heterocycles. The molecule has 0 amide bonds. The van der Waals surface area contributed by atoms with Crippen LogP contribution in [0.1, 0.15) is 24.1 Å². The van der Waals surface area contributed by atoms with E-state index in [0.717, 1.165) is 42.0 Å². The van der Waals surface area contributed by atoms with E-state index >= 15 is 0 Å². The van der Waals surface area contributed by atoms with Gasteiger partial charge in [-0.1, -0.05) is 5.16 Å². The van der Waals surface area contributed by atoms with Crippen molar-refractivity contribution in [2.24, 2.45) is 0 Å². The monoisotopic (exact) mass is 313 g/mol. The number of rotatable bonds is 6. The lowest BCUT2D eigenvalue weighted by atomic mass is 10.3. The third kappa shape index (κ3) is 2.97. The number of aryl methyl sites for hydroxylation is 2. The van der Waals surface area contributed by atoms with E-state index < -0.39 is 0 Å². The largest absolute Gasteiger partial charge is 0.343 e. The summed E-state index contributed by atoms with van der Waals surface area (Å²) in [6, 6.07) is 0. The topological polar surface area (TPSA) is 68.8 Å². The Labute approximate surface area is 114 Å². The summed E-state index contributed by atoms with van der Waals surface area (Å²) in [5.74, 6) is 0.724. The van der Waals surface area contributed by atoms with Crippen LogP contribution < -0.4 is 5.32 Å². The average Bonchev–Trinajstić information content (AvgIpc) is 2.96. The van der Waals surface area contributed by atoms with Crippen LogP contribution >= 0.6 is 15.9 Å². The maximum atomic E-state index is 4.68. The van der Waals surface area contributed by atoms with Gasteiger partial charge in [0.15, 0.2) is 5.82 Å². The molecule has 0 aliphatic rings. The van der Waals surface area contributed by atoms with Gasteiger partial charge < -0.3 is 9.84 Å². The number of nitrogens with zero attached hydrogens (tertiary/aromatic N) is 4. The molecule has 98 valence electrons. The molecule has 0 aliphatic heterocycles. The molecule has 7 heteroatoms. The van der Waals surface area contributed by atoms with Crippen molar-refractivity contribution in [2.75, 3.05) is 6.54 Å². The Bertz CT molecular complexity index is 494. The number of nitrogens with one attached hydrogen (secondary N) is 1. The maximum Gasteiger partial charge on any atom is 0.213 e. The van der Waals surface area contributed by atoms with Crippen LogP contribution in [0.2, 0.25) is 0 Å². The fourth-order valence-electron chi connectivity index (χ4n) is 1.75. The van der Waals surface area contributed by atoms with Crippen LogP contribution in [0.3, 0.4) is 0 Å². The van der Waals surface area contributed by atoms with Gasteiger partial charge in [0.05, 0.1) is 15.9 Å². The molecule has 2 rings (SSSR count). The summed E-state index contributed by atoms with van der Waals surface area (Å²) >= 11 is 3.57. The highest BCUT2D eigenvalue weighted by molar-refractivity contribution is 9.10. The van der Waals surface area contributed by atoms with Gasteiger partial charge in [0.1, 0.15) is 0 Å². The highest BCUT2D eigenvalue weighted by atomic mass is 79.9. The quantitative estimate of drug-likeness (QED) is 0.822. The van der Waals surface area contributed by atoms with E-state index in [9.17, 15) is 0 Å². The van der Waals surface area contributed by atoms with Gasteiger partial charge in [-0.15, -0.1) is 0 Å². The lowest BCUT2D eigenvalue weighted by Crippen LogP contribution is -2.19. The van der Waals surface area contributed by atoms with Crippen LogP contribution in [-0.2, 0) is 19.5 Å². The van der Waals surface area contributed by atoms with Gasteiger partial charge in [-0.05, 0) is 29.8 Å². The molecular formula is C11H16BrN5O. The van der Waals surface area contributed by atoms with E-state index in [1.807, 2.05) is 11.6 Å². The van der Waals surface area contributed by atoms with E-state index in [0.29, 0.717) is 0 Å². The zero-order chi connectivity index (χ0) is 13.0. The molecule has 0 aliphatic carbocycles. The van der Waals surface area contributed by atoms with E-state index in [4.69, 9.17) is 0 Å². The minimum absolute atomic E-state index is 0.724. The number of aromatic nitrogens is 4. The molecule has 0 spiro atoms. The molecular weight excluding hydrogens is 298 g/mol. The van der Waals surface area contributed by atoms with Crippen LogP contribution in [-0.4, -0.2) is 26.5 Å². The molecule has 0 bridgehead atoms. The first-order valence-corrected chi connectivity index (χ1v) is 6.69. The summed E-state index contributed by atoms with van der Waals surface area (Å²) in [5, 5.41) is 11.6. The molecule has 0 atom stereocenters. The van der Waals surface area contributed by atoms with Crippen LogP contribution in [0.4, 0.5) is 0 Å². The Morgan fingerprint density at radius 2 is 2.33 bits per heavy atom. The van der Waals surface area contributed by atoms with Crippen molar-refractivity contribution >= 4 is 15.9 Å². The van der Waals surface area contributed by atoms with Crippen LogP contribution in [0.25, 0.3) is 0 Å². The third-order valence-corrected chi connectivity index (χ3v) is 3.71. The first kappa shape index (κ1) is 13.2. The molecule has 2 heterocycles. The van der Waals surface area contributed by atoms with Crippen LogP contribution in [0, 0.1) is 6.92 Å². The van der Waals surface area contributed by atoms with Gasteiger partial charge in [0, 0.05) is 26.1 Å². The van der Waals surface area contributed by atoms with Gasteiger partial charge >= 0.3 is 0 Å². The fourth-order valence-corrected chi connectivity index (χ4v) is 2.17. The van der Waals surface area contributed by atoms with Crippen molar-refractivity contribution < 1.29 is 4.52 Å². The Kier molecular flexibility index (Phi) is 4.48. The lowest BCUT2D eigenvalue weighted by Gasteiger charge is -2.06. The summed E-state index contributed by atoms with van der Waals surface area (Å²) in [5.41, 5.74) is 2.19. The molecule has 0 unspecified atom stereocenters. The SMILES string of the molecule is CCn1nc(C)c(Br)c1CNCCc1ncon1. The van der Waals surface area contributed by atoms with Crippen molar-refractivity contribution in [1.82, 2.24) is 25.2 Å². The van der Waals surface area contributed by atoms with E-state index in [-0.39, 0.29) is 0 Å². The van der Waals surface area contributed by atoms with Crippen molar-refractivity contribution in [3.63, 3.8) is 0 Å². The van der Waals surface area contributed by atoms with Gasteiger partial charge in [-0.3, -0.25) is 4.68 Å². The summed E-state index contributed by atoms with van der Waals surface area (Å²) < 4.78 is 7.76. The Hall–Kier alpha value is -1.21. The maximum absolute atomic E-state index is 4.68. The molecule has 18 heavy (non-hydrogen) atoms. The van der Waals surface area contributed by atoms with E-state index in [1.54, 1.807) is 0 Å². The summed E-state index contributed by atoms with van der Waals surface area (Å²) in [6.07, 6.45) is 2.11. The number of hydrogen-bond acceptors (Lipinski definition) is 5. The van der Waals surface area contributed by atoms with Crippen molar-refractivity contribution in [1.29, 1.82) is 0 Å². The predicted molar refractivity (Wildman–Crippen MR) is 70.0 cm³/mol. The van der Waals surface area contributed by atoms with Gasteiger partial charge in [0.25, 0.3) is 0 Å². The van der Waals surface area contributed by atoms with E-state index in [1.165, 1.54) is 12.1 Å². The average molecular weight is 314 g/mol. The summed E-state index contributed by atoms with van der Waals surface area (Å²) in [6.45, 7) is 6.53. The molecule has 0 saturated carbocycles. The summed E-state index contributed by atoms with van der Waals surface area (Å²) in [7, 11) is 0. The summed E-state index contributed by atoms with van der Waals surface area (Å²) in [4.78, 5) is 3.97. The van der Waals surface area contributed by atoms with Gasteiger partial charge in [0.2, 0.25) is 6.39 Å². The van der Waals surface area contributed by atoms with Gasteiger partial charge in [-0.25, -0.2) is 0 Å². The lowest BCUT2D eigenvalue weighted by molar-refractivity contribution is 0.409. The second-order valence-corrected chi connectivity index (χ2v) is 4.73. The first-order valence-electron chi connectivity index (χ1n) is 5.90. The van der Waals surface area contributed by atoms with Crippen LogP contribution in [0.15, 0.2) is 15.4 Å². The van der Waals surface area contributed by atoms with Crippen molar-refractivity contribution in [2.45, 2.75) is 33.4 Å². The smallest absolute Gasteiger partial charge is 0.213 e. The zero-order valence-corrected chi connectivity index (χ0v) is 12.1. The van der Waals surface area contributed by atoms with Crippen LogP contribution in [0.5, 0.6) is 0 Å².